The quantitative estimate of drug-likeness (QED) is 0.518. The summed E-state index contributed by atoms with van der Waals surface area (Å²) in [5.74, 6) is 2.56. The first kappa shape index (κ1) is 25.1. The van der Waals surface area contributed by atoms with Crippen LogP contribution in [0, 0.1) is 13.8 Å². The van der Waals surface area contributed by atoms with Crippen LogP contribution < -0.4 is 18.9 Å². The fraction of sp³-hybridized carbons (Fsp3) is 0.538. The van der Waals surface area contributed by atoms with E-state index in [4.69, 9.17) is 23.7 Å². The Bertz CT molecular complexity index is 871. The minimum Gasteiger partial charge on any atom is -0.493 e. The first-order valence-corrected chi connectivity index (χ1v) is 11.4. The average Bonchev–Trinajstić information content (AvgIpc) is 3.32. The number of nitrogens with zero attached hydrogens (tertiary/aromatic N) is 1. The fourth-order valence-electron chi connectivity index (χ4n) is 4.11. The maximum absolute atomic E-state index is 10.8. The number of hydrogen-bond donors (Lipinski definition) is 1. The zero-order valence-corrected chi connectivity index (χ0v) is 20.4. The predicted molar refractivity (Wildman–Crippen MR) is 128 cm³/mol. The molecule has 2 atom stereocenters. The second kappa shape index (κ2) is 12.1. The summed E-state index contributed by atoms with van der Waals surface area (Å²) in [6, 6.07) is 9.87. The summed E-state index contributed by atoms with van der Waals surface area (Å²) >= 11 is 0. The molecule has 2 aromatic carbocycles. The maximum atomic E-state index is 10.8. The van der Waals surface area contributed by atoms with Crippen LogP contribution in [0.15, 0.2) is 30.3 Å². The molecule has 182 valence electrons. The Hall–Kier alpha value is -2.48. The van der Waals surface area contributed by atoms with Crippen LogP contribution in [0.2, 0.25) is 0 Å². The summed E-state index contributed by atoms with van der Waals surface area (Å²) in [5, 5.41) is 10.8. The number of aryl methyl sites for hydroxylation is 2. The van der Waals surface area contributed by atoms with Crippen molar-refractivity contribution in [2.24, 2.45) is 0 Å². The minimum atomic E-state index is -0.643. The lowest BCUT2D eigenvalue weighted by molar-refractivity contribution is 0.0313. The Labute approximate surface area is 197 Å². The Morgan fingerprint density at radius 3 is 2.33 bits per heavy atom. The van der Waals surface area contributed by atoms with Crippen LogP contribution in [0.1, 0.15) is 29.5 Å². The molecule has 0 aromatic heterocycles. The molecule has 2 unspecified atom stereocenters. The van der Waals surface area contributed by atoms with Gasteiger partial charge in [0.15, 0.2) is 11.5 Å². The number of benzene rings is 2. The van der Waals surface area contributed by atoms with Crippen molar-refractivity contribution in [2.45, 2.75) is 45.4 Å². The second-order valence-corrected chi connectivity index (χ2v) is 8.57. The zero-order valence-electron chi connectivity index (χ0n) is 20.4. The normalized spacial score (nSPS) is 16.6. The van der Waals surface area contributed by atoms with Gasteiger partial charge in [0, 0.05) is 26.2 Å². The molecule has 0 saturated carbocycles. The monoisotopic (exact) mass is 459 g/mol. The highest BCUT2D eigenvalue weighted by atomic mass is 16.5. The highest BCUT2D eigenvalue weighted by Gasteiger charge is 2.23. The summed E-state index contributed by atoms with van der Waals surface area (Å²) in [4.78, 5) is 2.20. The lowest BCUT2D eigenvalue weighted by Crippen LogP contribution is -2.39. The number of hydrogen-bond acceptors (Lipinski definition) is 7. The van der Waals surface area contributed by atoms with Crippen LogP contribution in [-0.2, 0) is 11.3 Å². The highest BCUT2D eigenvalue weighted by molar-refractivity contribution is 5.53. The van der Waals surface area contributed by atoms with Crippen LogP contribution in [0.3, 0.4) is 0 Å². The number of rotatable bonds is 12. The molecule has 1 heterocycles. The van der Waals surface area contributed by atoms with E-state index in [1.54, 1.807) is 21.3 Å². The van der Waals surface area contributed by atoms with Gasteiger partial charge in [0.05, 0.1) is 27.4 Å². The molecule has 1 fully saturated rings. The van der Waals surface area contributed by atoms with E-state index in [9.17, 15) is 5.11 Å². The molecule has 33 heavy (non-hydrogen) atoms. The van der Waals surface area contributed by atoms with Gasteiger partial charge in [-0.05, 0) is 67.6 Å². The largest absolute Gasteiger partial charge is 0.493 e. The molecule has 7 nitrogen and oxygen atoms in total. The fourth-order valence-corrected chi connectivity index (χ4v) is 4.11. The van der Waals surface area contributed by atoms with E-state index >= 15 is 0 Å². The Morgan fingerprint density at radius 2 is 1.76 bits per heavy atom. The molecule has 0 aliphatic carbocycles. The average molecular weight is 460 g/mol. The van der Waals surface area contributed by atoms with Gasteiger partial charge in [0.25, 0.3) is 0 Å². The van der Waals surface area contributed by atoms with Gasteiger partial charge < -0.3 is 28.8 Å². The van der Waals surface area contributed by atoms with E-state index in [0.29, 0.717) is 30.3 Å². The molecule has 0 bridgehead atoms. The zero-order chi connectivity index (χ0) is 23.8. The van der Waals surface area contributed by atoms with Gasteiger partial charge >= 0.3 is 0 Å². The third-order valence-electron chi connectivity index (χ3n) is 6.01. The molecule has 0 amide bonds. The molecule has 0 radical (unpaired) electrons. The van der Waals surface area contributed by atoms with Gasteiger partial charge in [-0.25, -0.2) is 0 Å². The van der Waals surface area contributed by atoms with E-state index in [1.165, 1.54) is 11.1 Å². The summed E-state index contributed by atoms with van der Waals surface area (Å²) in [6.07, 6.45) is 1.62. The van der Waals surface area contributed by atoms with Gasteiger partial charge in [-0.3, -0.25) is 4.90 Å². The van der Waals surface area contributed by atoms with Gasteiger partial charge in [0.1, 0.15) is 18.5 Å². The Kier molecular flexibility index (Phi) is 9.23. The summed E-state index contributed by atoms with van der Waals surface area (Å²) in [5.41, 5.74) is 3.39. The molecular weight excluding hydrogens is 422 g/mol. The van der Waals surface area contributed by atoms with Gasteiger partial charge in [-0.1, -0.05) is 6.07 Å². The van der Waals surface area contributed by atoms with Crippen molar-refractivity contribution < 1.29 is 28.8 Å². The summed E-state index contributed by atoms with van der Waals surface area (Å²) in [6.45, 7) is 6.94. The molecule has 3 rings (SSSR count). The van der Waals surface area contributed by atoms with Crippen LogP contribution in [0.5, 0.6) is 23.0 Å². The third kappa shape index (κ3) is 7.00. The van der Waals surface area contributed by atoms with E-state index < -0.39 is 6.10 Å². The first-order valence-electron chi connectivity index (χ1n) is 11.4. The van der Waals surface area contributed by atoms with E-state index in [2.05, 4.69) is 18.7 Å². The number of aliphatic hydroxyl groups is 1. The van der Waals surface area contributed by atoms with Crippen molar-refractivity contribution in [3.63, 3.8) is 0 Å². The lowest BCUT2D eigenvalue weighted by Gasteiger charge is -2.28. The lowest BCUT2D eigenvalue weighted by atomic mass is 10.1. The minimum absolute atomic E-state index is 0.167. The van der Waals surface area contributed by atoms with Crippen molar-refractivity contribution >= 4 is 0 Å². The number of aliphatic hydroxyl groups excluding tert-OH is 1. The molecule has 7 heteroatoms. The van der Waals surface area contributed by atoms with Crippen molar-refractivity contribution in [1.29, 1.82) is 0 Å². The van der Waals surface area contributed by atoms with Crippen molar-refractivity contribution in [2.75, 3.05) is 47.6 Å². The Balaban J connectivity index is 1.69. The number of methoxy groups -OCH3 is 3. The van der Waals surface area contributed by atoms with Gasteiger partial charge in [-0.15, -0.1) is 0 Å². The van der Waals surface area contributed by atoms with E-state index in [-0.39, 0.29) is 12.7 Å². The highest BCUT2D eigenvalue weighted by Crippen LogP contribution is 2.38. The Morgan fingerprint density at radius 1 is 1.03 bits per heavy atom. The van der Waals surface area contributed by atoms with Crippen molar-refractivity contribution in [3.05, 3.63) is 47.0 Å². The SMILES string of the molecule is COc1cc(CN(CC(O)COc2ccc(C)c(C)c2)CC2CCCO2)cc(OC)c1OC. The first-order chi connectivity index (χ1) is 15.9. The van der Waals surface area contributed by atoms with E-state index in [1.807, 2.05) is 30.3 Å². The maximum Gasteiger partial charge on any atom is 0.203 e. The van der Waals surface area contributed by atoms with Crippen LogP contribution >= 0.6 is 0 Å². The molecule has 1 saturated heterocycles. The van der Waals surface area contributed by atoms with Gasteiger partial charge in [-0.2, -0.15) is 0 Å². The van der Waals surface area contributed by atoms with Crippen LogP contribution in [0.25, 0.3) is 0 Å². The second-order valence-electron chi connectivity index (χ2n) is 8.57. The summed E-state index contributed by atoms with van der Waals surface area (Å²) < 4.78 is 28.2. The molecular formula is C26H37NO6. The standard InChI is InChI=1S/C26H37NO6/c1-18-8-9-22(11-19(18)2)33-17-21(28)15-27(16-23-7-6-10-32-23)14-20-12-24(29-3)26(31-5)25(13-20)30-4/h8-9,11-13,21,23,28H,6-7,10,14-17H2,1-5H3. The van der Waals surface area contributed by atoms with Gasteiger partial charge in [0.2, 0.25) is 5.75 Å². The van der Waals surface area contributed by atoms with Crippen LogP contribution in [0.4, 0.5) is 0 Å². The molecule has 1 aliphatic rings. The molecule has 1 aliphatic heterocycles. The molecule has 1 N–H and O–H groups in total. The van der Waals surface area contributed by atoms with Crippen LogP contribution in [-0.4, -0.2) is 69.8 Å². The summed E-state index contributed by atoms with van der Waals surface area (Å²) in [7, 11) is 4.81. The molecule has 2 aromatic rings. The van der Waals surface area contributed by atoms with E-state index in [0.717, 1.165) is 37.3 Å². The molecule has 0 spiro atoms. The number of ether oxygens (including phenoxy) is 5. The van der Waals surface area contributed by atoms with Crippen molar-refractivity contribution in [1.82, 2.24) is 4.90 Å². The predicted octanol–water partition coefficient (Wildman–Crippen LogP) is 3.75. The smallest absolute Gasteiger partial charge is 0.203 e. The topological polar surface area (TPSA) is 69.6 Å². The van der Waals surface area contributed by atoms with Crippen molar-refractivity contribution in [3.8, 4) is 23.0 Å². The third-order valence-corrected chi connectivity index (χ3v) is 6.01.